The van der Waals surface area contributed by atoms with Crippen molar-refractivity contribution in [2.45, 2.75) is 33.1 Å². The fourth-order valence-electron chi connectivity index (χ4n) is 2.21. The topological polar surface area (TPSA) is 62.0 Å². The fourth-order valence-corrected chi connectivity index (χ4v) is 2.21. The molecule has 1 N–H and O–H groups in total. The lowest BCUT2D eigenvalue weighted by atomic mass is 10.0. The first kappa shape index (κ1) is 15.9. The molecule has 0 aliphatic heterocycles. The van der Waals surface area contributed by atoms with Crippen LogP contribution in [0, 0.1) is 6.92 Å². The molecular weight excluding hydrogens is 276 g/mol. The van der Waals surface area contributed by atoms with E-state index in [2.05, 4.69) is 30.1 Å². The van der Waals surface area contributed by atoms with E-state index in [1.54, 1.807) is 12.1 Å². The van der Waals surface area contributed by atoms with E-state index in [0.29, 0.717) is 5.69 Å². The second kappa shape index (κ2) is 7.50. The second-order valence-corrected chi connectivity index (χ2v) is 5.27. The predicted molar refractivity (Wildman–Crippen MR) is 87.4 cm³/mol. The lowest BCUT2D eigenvalue weighted by Gasteiger charge is -2.05. The van der Waals surface area contributed by atoms with Gasteiger partial charge in [0.15, 0.2) is 0 Å². The second-order valence-electron chi connectivity index (χ2n) is 5.27. The van der Waals surface area contributed by atoms with E-state index in [-0.39, 0.29) is 5.56 Å². The van der Waals surface area contributed by atoms with Crippen LogP contribution in [-0.2, 0) is 6.42 Å². The number of nitrogens with zero attached hydrogens (tertiary/aromatic N) is 2. The Hall–Kier alpha value is -2.49. The molecule has 4 nitrogen and oxygen atoms in total. The van der Waals surface area contributed by atoms with Gasteiger partial charge in [0.05, 0.1) is 16.9 Å². The Kier molecular flexibility index (Phi) is 5.42. The molecule has 0 amide bonds. The smallest absolute Gasteiger partial charge is 0.335 e. The van der Waals surface area contributed by atoms with Crippen LogP contribution in [0.1, 0.15) is 41.3 Å². The van der Waals surface area contributed by atoms with Gasteiger partial charge in [0.25, 0.3) is 0 Å². The highest BCUT2D eigenvalue weighted by atomic mass is 16.4. The van der Waals surface area contributed by atoms with Crippen molar-refractivity contribution in [2.24, 2.45) is 10.2 Å². The van der Waals surface area contributed by atoms with Crippen LogP contribution in [0.3, 0.4) is 0 Å². The Labute approximate surface area is 130 Å². The average molecular weight is 296 g/mol. The highest BCUT2D eigenvalue weighted by Crippen LogP contribution is 2.22. The summed E-state index contributed by atoms with van der Waals surface area (Å²) in [6.45, 7) is 4.26. The summed E-state index contributed by atoms with van der Waals surface area (Å²) in [5, 5.41) is 17.3. The third kappa shape index (κ3) is 4.25. The minimum absolute atomic E-state index is 0.211. The molecule has 4 heteroatoms. The third-order valence-corrected chi connectivity index (χ3v) is 3.50. The number of hydrogen-bond acceptors (Lipinski definition) is 3. The first-order valence-electron chi connectivity index (χ1n) is 7.45. The van der Waals surface area contributed by atoms with Crippen LogP contribution in [0.25, 0.3) is 0 Å². The van der Waals surface area contributed by atoms with Crippen molar-refractivity contribution in [3.05, 3.63) is 59.2 Å². The normalized spacial score (nSPS) is 11.0. The highest BCUT2D eigenvalue weighted by molar-refractivity contribution is 5.88. The minimum atomic E-state index is -0.965. The molecule has 2 aromatic rings. The summed E-state index contributed by atoms with van der Waals surface area (Å²) in [4.78, 5) is 10.9. The summed E-state index contributed by atoms with van der Waals surface area (Å²) < 4.78 is 0. The largest absolute Gasteiger partial charge is 0.478 e. The maximum atomic E-state index is 10.9. The molecule has 0 spiro atoms. The minimum Gasteiger partial charge on any atom is -0.478 e. The summed E-state index contributed by atoms with van der Waals surface area (Å²) in [6.07, 6.45) is 3.45. The number of hydrogen-bond donors (Lipinski definition) is 1. The van der Waals surface area contributed by atoms with Crippen LogP contribution in [0.15, 0.2) is 52.7 Å². The van der Waals surface area contributed by atoms with Crippen molar-refractivity contribution in [2.75, 3.05) is 0 Å². The number of azo groups is 1. The molecule has 0 aromatic heterocycles. The molecule has 0 atom stereocenters. The monoisotopic (exact) mass is 296 g/mol. The van der Waals surface area contributed by atoms with Crippen molar-refractivity contribution in [3.63, 3.8) is 0 Å². The zero-order valence-corrected chi connectivity index (χ0v) is 12.9. The quantitative estimate of drug-likeness (QED) is 0.720. The van der Waals surface area contributed by atoms with E-state index in [9.17, 15) is 4.79 Å². The number of aromatic carboxylic acids is 1. The number of benzene rings is 2. The lowest BCUT2D eigenvalue weighted by Crippen LogP contribution is -1.94. The highest BCUT2D eigenvalue weighted by Gasteiger charge is 2.03. The first-order valence-corrected chi connectivity index (χ1v) is 7.45. The van der Waals surface area contributed by atoms with E-state index in [1.165, 1.54) is 36.1 Å². The van der Waals surface area contributed by atoms with Gasteiger partial charge in [-0.1, -0.05) is 25.5 Å². The fraction of sp³-hybridized carbons (Fsp3) is 0.278. The van der Waals surface area contributed by atoms with E-state index >= 15 is 0 Å². The third-order valence-electron chi connectivity index (χ3n) is 3.50. The molecular formula is C18H20N2O2. The predicted octanol–water partition coefficient (Wildman–Crippen LogP) is 5.45. The molecule has 0 bridgehead atoms. The number of rotatable bonds is 6. The molecule has 0 aliphatic rings. The maximum absolute atomic E-state index is 10.9. The molecule has 0 aliphatic carbocycles. The van der Waals surface area contributed by atoms with Gasteiger partial charge in [-0.3, -0.25) is 0 Å². The van der Waals surface area contributed by atoms with Gasteiger partial charge < -0.3 is 5.11 Å². The molecule has 2 rings (SSSR count). The van der Waals surface area contributed by atoms with Crippen LogP contribution < -0.4 is 0 Å². The van der Waals surface area contributed by atoms with Crippen LogP contribution >= 0.6 is 0 Å². The molecule has 0 saturated heterocycles. The zero-order chi connectivity index (χ0) is 15.9. The van der Waals surface area contributed by atoms with Crippen molar-refractivity contribution in [1.29, 1.82) is 0 Å². The Morgan fingerprint density at radius 2 is 1.82 bits per heavy atom. The van der Waals surface area contributed by atoms with Crippen molar-refractivity contribution in [1.82, 2.24) is 0 Å². The van der Waals surface area contributed by atoms with Crippen molar-refractivity contribution in [3.8, 4) is 0 Å². The van der Waals surface area contributed by atoms with Gasteiger partial charge in [0, 0.05) is 0 Å². The van der Waals surface area contributed by atoms with E-state index < -0.39 is 5.97 Å². The Morgan fingerprint density at radius 1 is 1.09 bits per heavy atom. The standard InChI is InChI=1S/C18H20N2O2/c1-3-4-6-14-9-10-17(11-13(14)2)20-19-16-8-5-7-15(12-16)18(21)22/h5,7-12H,3-4,6H2,1-2H3,(H,21,22). The first-order chi connectivity index (χ1) is 10.6. The van der Waals surface area contributed by atoms with Gasteiger partial charge in [-0.25, -0.2) is 4.79 Å². The van der Waals surface area contributed by atoms with Crippen LogP contribution in [0.2, 0.25) is 0 Å². The Balaban J connectivity index is 2.14. The van der Waals surface area contributed by atoms with E-state index in [0.717, 1.165) is 12.1 Å². The molecule has 2 aromatic carbocycles. The maximum Gasteiger partial charge on any atom is 0.335 e. The lowest BCUT2D eigenvalue weighted by molar-refractivity contribution is 0.0697. The van der Waals surface area contributed by atoms with Gasteiger partial charge in [-0.05, 0) is 61.2 Å². The average Bonchev–Trinajstić information content (AvgIpc) is 2.52. The van der Waals surface area contributed by atoms with Gasteiger partial charge >= 0.3 is 5.97 Å². The van der Waals surface area contributed by atoms with Crippen molar-refractivity contribution < 1.29 is 9.90 Å². The van der Waals surface area contributed by atoms with Crippen LogP contribution in [0.5, 0.6) is 0 Å². The van der Waals surface area contributed by atoms with Gasteiger partial charge in [-0.15, -0.1) is 0 Å². The number of carbonyl (C=O) groups is 1. The summed E-state index contributed by atoms with van der Waals surface area (Å²) in [7, 11) is 0. The van der Waals surface area contributed by atoms with Gasteiger partial charge in [0.2, 0.25) is 0 Å². The zero-order valence-electron chi connectivity index (χ0n) is 12.9. The van der Waals surface area contributed by atoms with E-state index in [1.807, 2.05) is 12.1 Å². The number of carboxylic acid groups (broad SMARTS) is 1. The summed E-state index contributed by atoms with van der Waals surface area (Å²) in [5.41, 5.74) is 4.08. The molecule has 22 heavy (non-hydrogen) atoms. The molecule has 0 fully saturated rings. The Morgan fingerprint density at radius 3 is 2.45 bits per heavy atom. The molecule has 0 unspecified atom stereocenters. The van der Waals surface area contributed by atoms with Gasteiger partial charge in [0.1, 0.15) is 0 Å². The van der Waals surface area contributed by atoms with Crippen molar-refractivity contribution >= 4 is 17.3 Å². The SMILES string of the molecule is CCCCc1ccc(N=Nc2cccc(C(=O)O)c2)cc1C. The summed E-state index contributed by atoms with van der Waals surface area (Å²) in [5.74, 6) is -0.965. The summed E-state index contributed by atoms with van der Waals surface area (Å²) >= 11 is 0. The van der Waals surface area contributed by atoms with Crippen LogP contribution in [0.4, 0.5) is 11.4 Å². The number of unbranched alkanes of at least 4 members (excludes halogenated alkanes) is 1. The molecule has 0 saturated carbocycles. The van der Waals surface area contributed by atoms with Crippen LogP contribution in [-0.4, -0.2) is 11.1 Å². The molecule has 0 radical (unpaired) electrons. The van der Waals surface area contributed by atoms with E-state index in [4.69, 9.17) is 5.11 Å². The van der Waals surface area contributed by atoms with Gasteiger partial charge in [-0.2, -0.15) is 10.2 Å². The Bertz CT molecular complexity index is 693. The summed E-state index contributed by atoms with van der Waals surface area (Å²) in [6, 6.07) is 12.5. The number of aryl methyl sites for hydroxylation is 2. The molecule has 114 valence electrons. The molecule has 0 heterocycles. The number of carboxylic acids is 1.